The van der Waals surface area contributed by atoms with Crippen molar-refractivity contribution in [3.8, 4) is 6.07 Å². The van der Waals surface area contributed by atoms with E-state index in [0.717, 1.165) is 0 Å². The Morgan fingerprint density at radius 2 is 2.15 bits per heavy atom. The first-order chi connectivity index (χ1) is 20.8. The van der Waals surface area contributed by atoms with Gasteiger partial charge in [0.05, 0.1) is 39.1 Å². The number of nitriles is 1. The van der Waals surface area contributed by atoms with E-state index >= 15 is 0 Å². The van der Waals surface area contributed by atoms with Gasteiger partial charge in [-0.3, -0.25) is 4.79 Å². The molecule has 1 aliphatic carbocycles. The molecule has 0 aromatic carbocycles. The molecule has 4 rings (SSSR count). The molecule has 1 saturated carbocycles. The maximum absolute atomic E-state index is 13.5. The van der Waals surface area contributed by atoms with Gasteiger partial charge < -0.3 is 14.5 Å². The third kappa shape index (κ3) is 4.96. The van der Waals surface area contributed by atoms with Gasteiger partial charge in [-0.2, -0.15) is 18.4 Å². The fraction of sp³-hybridized carbons (Fsp3) is 0.708. The molecule has 33 heavy (non-hydrogen) atoms. The first-order valence-corrected chi connectivity index (χ1v) is 10.1. The monoisotopic (exact) mass is 478 g/mol. The Morgan fingerprint density at radius 3 is 2.76 bits per heavy atom. The van der Waals surface area contributed by atoms with Crippen molar-refractivity contribution in [1.82, 2.24) is 9.88 Å². The Labute approximate surface area is 212 Å². The highest BCUT2D eigenvalue weighted by atomic mass is 19.4. The van der Waals surface area contributed by atoms with E-state index in [1.807, 2.05) is 0 Å². The van der Waals surface area contributed by atoms with Crippen molar-refractivity contribution in [3.05, 3.63) is 22.4 Å². The number of alkyl halides is 3. The van der Waals surface area contributed by atoms with Crippen molar-refractivity contribution >= 4 is 11.7 Å². The summed E-state index contributed by atoms with van der Waals surface area (Å²) in [6, 6.07) is -2.94. The van der Waals surface area contributed by atoms with Crippen molar-refractivity contribution in [2.75, 3.05) is 24.4 Å². The van der Waals surface area contributed by atoms with Crippen molar-refractivity contribution in [1.29, 1.82) is 5.26 Å². The van der Waals surface area contributed by atoms with Gasteiger partial charge in [-0.15, -0.1) is 0 Å². The van der Waals surface area contributed by atoms with Gasteiger partial charge in [-0.1, -0.05) is 13.7 Å². The number of halogens is 3. The second kappa shape index (κ2) is 8.46. The smallest absolute Gasteiger partial charge is 0.370 e. The summed E-state index contributed by atoms with van der Waals surface area (Å²) >= 11 is 0. The van der Waals surface area contributed by atoms with Crippen molar-refractivity contribution in [2.24, 2.45) is 5.89 Å². The molecule has 0 unspecified atom stereocenters. The molecular weight excluding hydrogens is 433 g/mol. The van der Waals surface area contributed by atoms with Gasteiger partial charge in [0.1, 0.15) is 18.3 Å². The molecule has 1 amide bonds. The molecule has 0 bridgehead atoms. The lowest BCUT2D eigenvalue weighted by Crippen LogP contribution is -2.58. The highest BCUT2D eigenvalue weighted by molar-refractivity contribution is 5.77. The quantitative estimate of drug-likeness (QED) is 0.645. The average Bonchev–Trinajstić information content (AvgIpc) is 3.68. The summed E-state index contributed by atoms with van der Waals surface area (Å²) in [5.74, 6) is -8.59. The summed E-state index contributed by atoms with van der Waals surface area (Å²) in [5, 5.41) is 10.4. The van der Waals surface area contributed by atoms with Gasteiger partial charge in [0.25, 0.3) is 0 Å². The van der Waals surface area contributed by atoms with E-state index in [2.05, 4.69) is 4.98 Å². The number of pyridine rings is 1. The van der Waals surface area contributed by atoms with Gasteiger partial charge in [0, 0.05) is 47.0 Å². The lowest BCUT2D eigenvalue weighted by atomic mass is 9.87. The Kier molecular flexibility index (Phi) is 3.04. The minimum atomic E-state index is -5.52. The minimum absolute atomic E-state index is 0.0532. The second-order valence-electron chi connectivity index (χ2n) is 8.68. The van der Waals surface area contributed by atoms with Crippen LogP contribution in [0.25, 0.3) is 0 Å². The number of nitrogens with zero attached hydrogens (tertiary/aromatic N) is 4. The van der Waals surface area contributed by atoms with Gasteiger partial charge in [0.2, 0.25) is 5.91 Å². The predicted molar refractivity (Wildman–Crippen MR) is 117 cm³/mol. The summed E-state index contributed by atoms with van der Waals surface area (Å²) < 4.78 is 165. The van der Waals surface area contributed by atoms with E-state index in [-0.39, 0.29) is 35.1 Å². The van der Waals surface area contributed by atoms with Crippen LogP contribution in [0.4, 0.5) is 19.0 Å². The number of carbonyl (C=O) groups is 1. The number of hydrogen-bond acceptors (Lipinski definition) is 5. The topological polar surface area (TPSA) is 69.5 Å². The number of piperazine rings is 1. The Hall–Kier alpha value is -2.34. The van der Waals surface area contributed by atoms with Gasteiger partial charge >= 0.3 is 6.18 Å². The van der Waals surface area contributed by atoms with Crippen LogP contribution in [0, 0.1) is 17.2 Å². The van der Waals surface area contributed by atoms with Crippen LogP contribution >= 0.6 is 0 Å². The Morgan fingerprint density at radius 1 is 1.42 bits per heavy atom. The highest BCUT2D eigenvalue weighted by Crippen LogP contribution is 2.46. The number of anilines is 1. The van der Waals surface area contributed by atoms with E-state index in [1.165, 1.54) is 0 Å². The lowest BCUT2D eigenvalue weighted by molar-refractivity contribution is -0.164. The second-order valence-corrected chi connectivity index (χ2v) is 8.68. The van der Waals surface area contributed by atoms with Crippen molar-refractivity contribution in [3.63, 3.8) is 0 Å². The fourth-order valence-electron chi connectivity index (χ4n) is 3.80. The largest absolute Gasteiger partial charge is 0.397 e. The van der Waals surface area contributed by atoms with Gasteiger partial charge in [0.15, 0.2) is 0 Å². The number of ether oxygens (including phenoxy) is 1. The summed E-state index contributed by atoms with van der Waals surface area (Å²) in [4.78, 5) is 16.2. The molecule has 0 radical (unpaired) electrons. The van der Waals surface area contributed by atoms with Crippen LogP contribution in [0.15, 0.2) is 0 Å². The molecule has 1 atom stereocenters. The van der Waals surface area contributed by atoms with Crippen LogP contribution in [-0.4, -0.2) is 53.1 Å². The summed E-state index contributed by atoms with van der Waals surface area (Å²) in [5.41, 5.74) is -0.803. The zero-order valence-corrected chi connectivity index (χ0v) is 17.9. The maximum Gasteiger partial charge on any atom is 0.397 e. The summed E-state index contributed by atoms with van der Waals surface area (Å²) in [7, 11) is 0. The molecule has 0 spiro atoms. The number of amides is 1. The molecule has 180 valence electrons. The van der Waals surface area contributed by atoms with Gasteiger partial charge in [-0.25, -0.2) is 4.98 Å². The van der Waals surface area contributed by atoms with E-state index < -0.39 is 85.5 Å². The number of carbonyl (C=O) groups excluding carboxylic acids is 1. The molecule has 1 aromatic heterocycles. The fourth-order valence-corrected chi connectivity index (χ4v) is 3.80. The normalized spacial score (nSPS) is 37.0. The molecular formula is C24H31F3N4O2. The zero-order chi connectivity index (χ0) is 36.4. The van der Waals surface area contributed by atoms with Crippen molar-refractivity contribution < 1.29 is 41.9 Å². The van der Waals surface area contributed by atoms with E-state index in [1.54, 1.807) is 19.9 Å². The number of aromatic nitrogens is 1. The third-order valence-electron chi connectivity index (χ3n) is 5.48. The van der Waals surface area contributed by atoms with Crippen LogP contribution in [0.2, 0.25) is 0 Å². The first-order valence-electron chi connectivity index (χ1n) is 17.1. The molecule has 3 aliphatic rings. The molecule has 2 fully saturated rings. The molecule has 9 heteroatoms. The van der Waals surface area contributed by atoms with E-state index in [0.29, 0.717) is 18.4 Å². The molecule has 1 aromatic rings. The third-order valence-corrected chi connectivity index (χ3v) is 5.48. The first kappa shape index (κ1) is 11.9. The zero-order valence-electron chi connectivity index (χ0n) is 31.9. The predicted octanol–water partition coefficient (Wildman–Crippen LogP) is 4.31. The Bertz CT molecular complexity index is 1500. The van der Waals surface area contributed by atoms with Crippen LogP contribution in [-0.2, 0) is 22.6 Å². The van der Waals surface area contributed by atoms with Crippen LogP contribution < -0.4 is 4.90 Å². The molecule has 1 saturated heterocycles. The maximum atomic E-state index is 13.5. The molecule has 2 aliphatic heterocycles. The molecule has 0 N–H and O–H groups in total. The van der Waals surface area contributed by atoms with Crippen LogP contribution in [0.3, 0.4) is 0 Å². The minimum Gasteiger partial charge on any atom is -0.370 e. The van der Waals surface area contributed by atoms with E-state index in [9.17, 15) is 24.6 Å². The summed E-state index contributed by atoms with van der Waals surface area (Å²) in [6.45, 7) is -18.3. The summed E-state index contributed by atoms with van der Waals surface area (Å²) in [6.07, 6.45) is -7.20. The average molecular weight is 479 g/mol. The molecule has 6 nitrogen and oxygen atoms in total. The number of rotatable bonds is 4. The highest BCUT2D eigenvalue weighted by Gasteiger charge is 2.41. The SMILES string of the molecule is [2H]C([2H])([2H])C([2H])(C([2H])([2H])[2H])[C@]1([2H])N(C(=O)CC(F)(F)F)C([2H])([2H])C([2H])([2H])N(c2nc(C3CC3)c3c(c2C#N)CC(C)(C)OC3)C1([2H])[2H]. The number of hydrogen-bond donors (Lipinski definition) is 0. The molecule has 3 heterocycles. The van der Waals surface area contributed by atoms with Crippen molar-refractivity contribution in [2.45, 2.75) is 83.6 Å². The van der Waals surface area contributed by atoms with E-state index in [4.69, 9.17) is 22.6 Å². The Balaban J connectivity index is 2.20. The van der Waals surface area contributed by atoms with Gasteiger partial charge in [-0.05, 0) is 38.1 Å². The van der Waals surface area contributed by atoms with Crippen LogP contribution in [0.5, 0.6) is 0 Å². The lowest BCUT2D eigenvalue weighted by Gasteiger charge is -2.44. The number of fused-ring (bicyclic) bond motifs is 1. The van der Waals surface area contributed by atoms with Crippen LogP contribution in [0.1, 0.15) is 94.3 Å². The standard InChI is InChI=1S/C24H31F3N4O2/c1-14(2)19-12-30(7-8-31(19)20(32)10-24(25,26)27)22-17(11-28)16-9-23(3,4)33-13-18(16)21(29-22)15-5-6-15/h14-15,19H,5-10,12-13H2,1-4H3/t19-/m1/s1/i1D3,2D3,7D2,8D2,12D2,14D,19D.